The minimum atomic E-state index is -4.92. The second-order valence-electron chi connectivity index (χ2n) is 14.2. The molecule has 2 saturated heterocycles. The van der Waals surface area contributed by atoms with Crippen molar-refractivity contribution in [2.45, 2.75) is 32.4 Å². The minimum absolute atomic E-state index is 0.207. The molecule has 9 nitrogen and oxygen atoms in total. The van der Waals surface area contributed by atoms with E-state index in [0.29, 0.717) is 46.4 Å². The van der Waals surface area contributed by atoms with Gasteiger partial charge in [0.15, 0.2) is 0 Å². The Morgan fingerprint density at radius 1 is 0.909 bits per heavy atom. The highest BCUT2D eigenvalue weighted by Gasteiger charge is 2.45. The smallest absolute Gasteiger partial charge is 0.381 e. The van der Waals surface area contributed by atoms with Gasteiger partial charge in [-0.1, -0.05) is 24.3 Å². The molecule has 2 fully saturated rings. The van der Waals surface area contributed by atoms with Crippen molar-refractivity contribution in [1.29, 1.82) is 0 Å². The monoisotopic (exact) mass is 769 g/mol. The second kappa shape index (κ2) is 14.2. The Balaban J connectivity index is 0.976. The summed E-state index contributed by atoms with van der Waals surface area (Å²) < 4.78 is 60.9. The van der Waals surface area contributed by atoms with Crippen LogP contribution in [0.3, 0.4) is 0 Å². The highest BCUT2D eigenvalue weighted by atomic mass is 32.1. The first-order valence-corrected chi connectivity index (χ1v) is 18.6. The molecule has 8 rings (SSSR count). The van der Waals surface area contributed by atoms with E-state index in [1.54, 1.807) is 59.6 Å². The zero-order valence-corrected chi connectivity index (χ0v) is 30.5. The molecule has 3 aliphatic rings. The van der Waals surface area contributed by atoms with Crippen molar-refractivity contribution in [3.8, 4) is 10.4 Å². The number of hydrogen-bond donors (Lipinski definition) is 2. The second-order valence-corrected chi connectivity index (χ2v) is 15.2. The third-order valence-corrected chi connectivity index (χ3v) is 11.6. The quantitative estimate of drug-likeness (QED) is 0.168. The molecule has 0 radical (unpaired) electrons. The van der Waals surface area contributed by atoms with Crippen molar-refractivity contribution < 1.29 is 36.7 Å². The van der Waals surface area contributed by atoms with Gasteiger partial charge in [-0.3, -0.25) is 14.4 Å². The zero-order valence-electron chi connectivity index (χ0n) is 29.6. The maximum atomic E-state index is 14.5. The fourth-order valence-electron chi connectivity index (χ4n) is 7.60. The molecule has 3 amide bonds. The Labute approximate surface area is 317 Å². The molecule has 2 aromatic heterocycles. The molecule has 3 aliphatic heterocycles. The van der Waals surface area contributed by atoms with Gasteiger partial charge in [0, 0.05) is 66.2 Å². The molecule has 5 aromatic rings. The summed E-state index contributed by atoms with van der Waals surface area (Å²) >= 11 is 1.14. The minimum Gasteiger partial charge on any atom is -0.381 e. The Morgan fingerprint density at radius 3 is 2.40 bits per heavy atom. The van der Waals surface area contributed by atoms with Gasteiger partial charge >= 0.3 is 6.18 Å². The van der Waals surface area contributed by atoms with E-state index in [1.807, 2.05) is 19.1 Å². The molecule has 282 valence electrons. The number of halogens is 4. The topological polar surface area (TPSA) is 104 Å². The van der Waals surface area contributed by atoms with E-state index in [0.717, 1.165) is 78.6 Å². The van der Waals surface area contributed by atoms with E-state index in [2.05, 4.69) is 20.5 Å². The van der Waals surface area contributed by atoms with Crippen LogP contribution in [0.2, 0.25) is 0 Å². The van der Waals surface area contributed by atoms with E-state index < -0.39 is 29.0 Å². The van der Waals surface area contributed by atoms with Crippen LogP contribution < -0.4 is 20.4 Å². The summed E-state index contributed by atoms with van der Waals surface area (Å²) in [6.45, 7) is 5.33. The van der Waals surface area contributed by atoms with E-state index in [9.17, 15) is 31.9 Å². The molecule has 0 unspecified atom stereocenters. The molecular weight excluding hydrogens is 735 g/mol. The van der Waals surface area contributed by atoms with Crippen LogP contribution in [0.4, 0.5) is 39.8 Å². The lowest BCUT2D eigenvalue weighted by atomic mass is 9.73. The molecule has 1 spiro atoms. The number of para-hydroxylation sites is 1. The number of nitrogens with zero attached hydrogens (tertiary/aromatic N) is 3. The first-order chi connectivity index (χ1) is 26.4. The van der Waals surface area contributed by atoms with E-state index >= 15 is 0 Å². The Morgan fingerprint density at radius 2 is 1.65 bits per heavy atom. The lowest BCUT2D eigenvalue weighted by Crippen LogP contribution is -2.59. The van der Waals surface area contributed by atoms with Gasteiger partial charge in [0.25, 0.3) is 17.7 Å². The van der Waals surface area contributed by atoms with Gasteiger partial charge in [0.1, 0.15) is 11.6 Å². The number of benzene rings is 3. The maximum absolute atomic E-state index is 14.5. The number of ether oxygens (including phenoxy) is 1. The van der Waals surface area contributed by atoms with E-state index in [4.69, 9.17) is 4.74 Å². The molecular formula is C41H35F4N5O4S. The predicted octanol–water partition coefficient (Wildman–Crippen LogP) is 8.60. The van der Waals surface area contributed by atoms with E-state index in [-0.39, 0.29) is 28.8 Å². The summed E-state index contributed by atoms with van der Waals surface area (Å²) in [5, 5.41) is 5.67. The molecule has 0 aliphatic carbocycles. The number of amides is 3. The average Bonchev–Trinajstić information content (AvgIpc) is 3.49. The van der Waals surface area contributed by atoms with E-state index in [1.165, 1.54) is 0 Å². The number of rotatable bonds is 6. The van der Waals surface area contributed by atoms with Crippen LogP contribution in [0.25, 0.3) is 10.4 Å². The number of alkyl halides is 3. The Kier molecular flexibility index (Phi) is 9.42. The van der Waals surface area contributed by atoms with Crippen LogP contribution in [0.1, 0.15) is 60.6 Å². The van der Waals surface area contributed by atoms with Crippen LogP contribution in [-0.4, -0.2) is 55.6 Å². The number of hydrogen-bond acceptors (Lipinski definition) is 7. The number of thiophene rings is 1. The zero-order chi connectivity index (χ0) is 38.5. The number of fused-ring (bicyclic) bond motifs is 3. The lowest BCUT2D eigenvalue weighted by Gasteiger charge is -2.53. The SMILES string of the molecule is Cc1cnc(N2CC3(CCOCC3)C2)c(C(=O)Nc2ccc(C(=O)N3CCc4cc(NC(=O)c5c(F)cccc5C(F)(F)F)sc4-c4ccccc43)cc2)c1. The van der Waals surface area contributed by atoms with Crippen molar-refractivity contribution in [1.82, 2.24) is 4.98 Å². The van der Waals surface area contributed by atoms with Crippen LogP contribution in [0.5, 0.6) is 0 Å². The summed E-state index contributed by atoms with van der Waals surface area (Å²) in [7, 11) is 0. The van der Waals surface area contributed by atoms with Gasteiger partial charge in [0.2, 0.25) is 0 Å². The highest BCUT2D eigenvalue weighted by molar-refractivity contribution is 7.19. The van der Waals surface area contributed by atoms with Crippen molar-refractivity contribution in [2.75, 3.05) is 53.3 Å². The number of carbonyl (C=O) groups excluding carboxylic acids is 3. The Bertz CT molecular complexity index is 2310. The van der Waals surface area contributed by atoms with Crippen molar-refractivity contribution in [2.24, 2.45) is 5.41 Å². The third-order valence-electron chi connectivity index (χ3n) is 10.4. The summed E-state index contributed by atoms with van der Waals surface area (Å²) in [6, 6.07) is 19.8. The molecule has 55 heavy (non-hydrogen) atoms. The van der Waals surface area contributed by atoms with Gasteiger partial charge < -0.3 is 25.2 Å². The first-order valence-electron chi connectivity index (χ1n) is 17.8. The molecule has 0 bridgehead atoms. The first kappa shape index (κ1) is 36.4. The highest BCUT2D eigenvalue weighted by Crippen LogP contribution is 2.45. The fourth-order valence-corrected chi connectivity index (χ4v) is 8.74. The number of aromatic nitrogens is 1. The van der Waals surface area contributed by atoms with Gasteiger partial charge in [0.05, 0.1) is 27.4 Å². The molecule has 5 heterocycles. The number of pyridine rings is 1. The fraction of sp³-hybridized carbons (Fsp3) is 0.268. The van der Waals surface area contributed by atoms with Gasteiger partial charge in [-0.2, -0.15) is 13.2 Å². The molecule has 2 N–H and O–H groups in total. The molecule has 14 heteroatoms. The van der Waals surface area contributed by atoms with Crippen molar-refractivity contribution in [3.63, 3.8) is 0 Å². The summed E-state index contributed by atoms with van der Waals surface area (Å²) in [5.41, 5.74) is 2.13. The number of anilines is 4. The predicted molar refractivity (Wildman–Crippen MR) is 203 cm³/mol. The largest absolute Gasteiger partial charge is 0.417 e. The van der Waals surface area contributed by atoms with Crippen LogP contribution >= 0.6 is 11.3 Å². The summed E-state index contributed by atoms with van der Waals surface area (Å²) in [6.07, 6.45) is -0.783. The lowest BCUT2D eigenvalue weighted by molar-refractivity contribution is -0.138. The number of aryl methyl sites for hydroxylation is 1. The molecule has 0 atom stereocenters. The van der Waals surface area contributed by atoms with Crippen LogP contribution in [-0.2, 0) is 17.3 Å². The van der Waals surface area contributed by atoms with Gasteiger partial charge in [-0.15, -0.1) is 11.3 Å². The molecule has 0 saturated carbocycles. The number of nitrogens with one attached hydrogen (secondary N) is 2. The number of carbonyl (C=O) groups is 3. The van der Waals surface area contributed by atoms with Gasteiger partial charge in [-0.05, 0) is 91.9 Å². The normalized spacial score (nSPS) is 16.1. The maximum Gasteiger partial charge on any atom is 0.417 e. The van der Waals surface area contributed by atoms with Crippen molar-refractivity contribution >= 4 is 51.3 Å². The summed E-state index contributed by atoms with van der Waals surface area (Å²) in [4.78, 5) is 49.8. The van der Waals surface area contributed by atoms with Crippen LogP contribution in [0, 0.1) is 18.2 Å². The summed E-state index contributed by atoms with van der Waals surface area (Å²) in [5.74, 6) is -2.39. The van der Waals surface area contributed by atoms with Crippen LogP contribution in [0.15, 0.2) is 85.1 Å². The third kappa shape index (κ3) is 7.07. The molecule has 3 aromatic carbocycles. The van der Waals surface area contributed by atoms with Crippen molar-refractivity contribution in [3.05, 3.63) is 124 Å². The van der Waals surface area contributed by atoms with Gasteiger partial charge in [-0.25, -0.2) is 9.37 Å². The Hall–Kier alpha value is -5.60. The average molecular weight is 770 g/mol. The standard InChI is InChI=1S/C41H35F4N5O4S/c1-24-19-29(36(46-21-24)49-22-40(23-49)14-17-54-18-15-40)37(51)47-27-11-9-25(10-12-27)39(53)50-16-13-26-20-33(55-35(26)28-5-2-3-8-32(28)50)48-38(52)34-30(41(43,44)45)6-4-7-31(34)42/h2-12,19-21H,13-18,22-23H2,1H3,(H,47,51)(H,48,52).